The molecule has 2 heterocycles. The number of benzene rings is 2. The summed E-state index contributed by atoms with van der Waals surface area (Å²) >= 11 is 0. The molecule has 2 aromatic carbocycles. The lowest BCUT2D eigenvalue weighted by molar-refractivity contribution is 0.598. The third-order valence-electron chi connectivity index (χ3n) is 3.47. The standard InChI is InChI=1S/C16H11N3O2S/c20-22(21)15-8-4-3-7-13(15)18-16(19-22)14-10-9-11-5-1-2-6-12(11)17-14/h1-10H,(H,18,19). The highest BCUT2D eigenvalue weighted by molar-refractivity contribution is 7.90. The molecule has 0 amide bonds. The van der Waals surface area contributed by atoms with E-state index < -0.39 is 10.0 Å². The highest BCUT2D eigenvalue weighted by Crippen LogP contribution is 2.28. The van der Waals surface area contributed by atoms with Crippen molar-refractivity contribution in [1.82, 2.24) is 4.98 Å². The van der Waals surface area contributed by atoms with Gasteiger partial charge >= 0.3 is 0 Å². The van der Waals surface area contributed by atoms with E-state index in [1.807, 2.05) is 30.3 Å². The van der Waals surface area contributed by atoms with E-state index >= 15 is 0 Å². The van der Waals surface area contributed by atoms with Crippen LogP contribution in [-0.2, 0) is 10.0 Å². The van der Waals surface area contributed by atoms with Crippen LogP contribution in [0, 0.1) is 0 Å². The number of anilines is 1. The molecule has 1 aliphatic heterocycles. The van der Waals surface area contributed by atoms with Crippen molar-refractivity contribution in [1.29, 1.82) is 0 Å². The zero-order valence-electron chi connectivity index (χ0n) is 11.4. The lowest BCUT2D eigenvalue weighted by atomic mass is 10.2. The minimum absolute atomic E-state index is 0.180. The van der Waals surface area contributed by atoms with Crippen molar-refractivity contribution in [3.8, 4) is 0 Å². The Balaban J connectivity index is 1.88. The number of hydrogen-bond donors (Lipinski definition) is 1. The number of pyridine rings is 1. The Morgan fingerprint density at radius 3 is 2.55 bits per heavy atom. The molecule has 0 fully saturated rings. The smallest absolute Gasteiger partial charge is 0.286 e. The van der Waals surface area contributed by atoms with Gasteiger partial charge in [0, 0.05) is 5.39 Å². The fourth-order valence-electron chi connectivity index (χ4n) is 2.42. The molecule has 3 aromatic rings. The SMILES string of the molecule is O=S1(=O)N=C(c2ccc3ccccc3n2)Nc2ccccc21. The van der Waals surface area contributed by atoms with Crippen LogP contribution < -0.4 is 5.32 Å². The number of nitrogens with zero attached hydrogens (tertiary/aromatic N) is 2. The summed E-state index contributed by atoms with van der Waals surface area (Å²) < 4.78 is 28.4. The first-order valence-electron chi connectivity index (χ1n) is 6.71. The molecule has 22 heavy (non-hydrogen) atoms. The maximum absolute atomic E-state index is 12.3. The molecule has 5 nitrogen and oxygen atoms in total. The quantitative estimate of drug-likeness (QED) is 0.750. The Morgan fingerprint density at radius 2 is 1.64 bits per heavy atom. The van der Waals surface area contributed by atoms with E-state index in [0.717, 1.165) is 10.9 Å². The van der Waals surface area contributed by atoms with Crippen LogP contribution in [0.4, 0.5) is 5.69 Å². The molecule has 0 radical (unpaired) electrons. The monoisotopic (exact) mass is 309 g/mol. The van der Waals surface area contributed by atoms with Gasteiger partial charge in [-0.3, -0.25) is 0 Å². The molecule has 0 unspecified atom stereocenters. The molecule has 4 rings (SSSR count). The lowest BCUT2D eigenvalue weighted by Gasteiger charge is -2.17. The molecule has 108 valence electrons. The number of aromatic nitrogens is 1. The van der Waals surface area contributed by atoms with Gasteiger partial charge in [0.25, 0.3) is 10.0 Å². The van der Waals surface area contributed by atoms with Gasteiger partial charge in [0.2, 0.25) is 0 Å². The third kappa shape index (κ3) is 2.05. The van der Waals surface area contributed by atoms with Crippen LogP contribution in [-0.4, -0.2) is 19.2 Å². The average molecular weight is 309 g/mol. The summed E-state index contributed by atoms with van der Waals surface area (Å²) in [4.78, 5) is 4.66. The summed E-state index contributed by atoms with van der Waals surface area (Å²) in [6.45, 7) is 0. The highest BCUT2D eigenvalue weighted by atomic mass is 32.2. The van der Waals surface area contributed by atoms with Gasteiger partial charge in [-0.2, -0.15) is 8.42 Å². The minimum atomic E-state index is -3.71. The second-order valence-corrected chi connectivity index (χ2v) is 6.50. The Hall–Kier alpha value is -2.73. The number of sulfonamides is 1. The summed E-state index contributed by atoms with van der Waals surface area (Å²) in [5.41, 5.74) is 1.81. The van der Waals surface area contributed by atoms with Crippen molar-refractivity contribution in [2.45, 2.75) is 4.90 Å². The van der Waals surface area contributed by atoms with E-state index in [9.17, 15) is 8.42 Å². The van der Waals surface area contributed by atoms with E-state index in [0.29, 0.717) is 11.4 Å². The minimum Gasteiger partial charge on any atom is -0.337 e. The topological polar surface area (TPSA) is 71.4 Å². The van der Waals surface area contributed by atoms with Gasteiger partial charge in [0.05, 0.1) is 11.2 Å². The van der Waals surface area contributed by atoms with E-state index in [1.54, 1.807) is 24.3 Å². The Bertz CT molecular complexity index is 1030. The van der Waals surface area contributed by atoms with Crippen molar-refractivity contribution >= 4 is 32.4 Å². The van der Waals surface area contributed by atoms with Gasteiger partial charge in [0.15, 0.2) is 5.84 Å². The van der Waals surface area contributed by atoms with E-state index in [2.05, 4.69) is 14.7 Å². The average Bonchev–Trinajstić information content (AvgIpc) is 2.54. The zero-order chi connectivity index (χ0) is 15.2. The van der Waals surface area contributed by atoms with Crippen LogP contribution in [0.5, 0.6) is 0 Å². The summed E-state index contributed by atoms with van der Waals surface area (Å²) in [7, 11) is -3.71. The number of amidine groups is 1. The third-order valence-corrected chi connectivity index (χ3v) is 4.81. The number of rotatable bonds is 1. The summed E-state index contributed by atoms with van der Waals surface area (Å²) in [6.07, 6.45) is 0. The van der Waals surface area contributed by atoms with Gasteiger partial charge in [-0.1, -0.05) is 36.4 Å². The fraction of sp³-hybridized carbons (Fsp3) is 0. The van der Waals surface area contributed by atoms with Crippen LogP contribution in [0.3, 0.4) is 0 Å². The second-order valence-electron chi connectivity index (χ2n) is 4.93. The van der Waals surface area contributed by atoms with Gasteiger partial charge in [-0.05, 0) is 24.3 Å². The van der Waals surface area contributed by atoms with E-state index in [4.69, 9.17) is 0 Å². The number of fused-ring (bicyclic) bond motifs is 2. The molecule has 1 N–H and O–H groups in total. The van der Waals surface area contributed by atoms with Crippen LogP contribution in [0.15, 0.2) is 70.0 Å². The predicted molar refractivity (Wildman–Crippen MR) is 85.5 cm³/mol. The van der Waals surface area contributed by atoms with Crippen LogP contribution in [0.25, 0.3) is 10.9 Å². The van der Waals surface area contributed by atoms with E-state index in [-0.39, 0.29) is 10.7 Å². The Morgan fingerprint density at radius 1 is 0.864 bits per heavy atom. The number of para-hydroxylation sites is 2. The van der Waals surface area contributed by atoms with Crippen molar-refractivity contribution in [2.24, 2.45) is 4.40 Å². The lowest BCUT2D eigenvalue weighted by Crippen LogP contribution is -2.23. The van der Waals surface area contributed by atoms with Gasteiger partial charge in [-0.15, -0.1) is 4.40 Å². The van der Waals surface area contributed by atoms with Crippen molar-refractivity contribution in [3.05, 3.63) is 66.4 Å². The molecule has 0 bridgehead atoms. The zero-order valence-corrected chi connectivity index (χ0v) is 12.2. The fourth-order valence-corrected chi connectivity index (χ4v) is 3.55. The van der Waals surface area contributed by atoms with Crippen molar-refractivity contribution in [3.63, 3.8) is 0 Å². The van der Waals surface area contributed by atoms with E-state index in [1.165, 1.54) is 6.07 Å². The van der Waals surface area contributed by atoms with Gasteiger partial charge in [-0.25, -0.2) is 4.98 Å². The first-order chi connectivity index (χ1) is 10.6. The van der Waals surface area contributed by atoms with Crippen LogP contribution in [0.1, 0.15) is 5.69 Å². The van der Waals surface area contributed by atoms with Crippen molar-refractivity contribution < 1.29 is 8.42 Å². The first-order valence-corrected chi connectivity index (χ1v) is 8.15. The molecule has 0 saturated heterocycles. The molecular weight excluding hydrogens is 298 g/mol. The normalized spacial score (nSPS) is 15.7. The first kappa shape index (κ1) is 13.0. The number of hydrogen-bond acceptors (Lipinski definition) is 4. The summed E-state index contributed by atoms with van der Waals surface area (Å²) in [5, 5.41) is 4.03. The molecule has 0 saturated carbocycles. The molecule has 0 spiro atoms. The van der Waals surface area contributed by atoms with Gasteiger partial charge < -0.3 is 5.32 Å². The number of nitrogens with one attached hydrogen (secondary N) is 1. The molecule has 1 aromatic heterocycles. The highest BCUT2D eigenvalue weighted by Gasteiger charge is 2.25. The second kappa shape index (κ2) is 4.64. The Kier molecular flexibility index (Phi) is 2.74. The summed E-state index contributed by atoms with van der Waals surface area (Å²) in [6, 6.07) is 18.0. The van der Waals surface area contributed by atoms with Crippen LogP contribution >= 0.6 is 0 Å². The maximum Gasteiger partial charge on any atom is 0.286 e. The Labute approximate surface area is 127 Å². The maximum atomic E-state index is 12.3. The molecule has 0 atom stereocenters. The van der Waals surface area contributed by atoms with Crippen LogP contribution in [0.2, 0.25) is 0 Å². The van der Waals surface area contributed by atoms with Gasteiger partial charge in [0.1, 0.15) is 10.6 Å². The predicted octanol–water partition coefficient (Wildman–Crippen LogP) is 2.80. The van der Waals surface area contributed by atoms with Crippen molar-refractivity contribution in [2.75, 3.05) is 5.32 Å². The summed E-state index contributed by atoms with van der Waals surface area (Å²) in [5.74, 6) is 0.240. The molecule has 6 heteroatoms. The largest absolute Gasteiger partial charge is 0.337 e. The molecule has 0 aliphatic carbocycles. The molecular formula is C16H11N3O2S. The molecule has 1 aliphatic rings.